The van der Waals surface area contributed by atoms with Gasteiger partial charge in [-0.15, -0.1) is 0 Å². The maximum Gasteiger partial charge on any atom is 0.296 e. The van der Waals surface area contributed by atoms with Gasteiger partial charge in [-0.2, -0.15) is 8.78 Å². The van der Waals surface area contributed by atoms with Crippen molar-refractivity contribution in [1.82, 2.24) is 9.97 Å². The molecule has 35 heavy (non-hydrogen) atoms. The molecule has 178 valence electrons. The van der Waals surface area contributed by atoms with Crippen molar-refractivity contribution in [2.45, 2.75) is 12.3 Å². The van der Waals surface area contributed by atoms with Gasteiger partial charge in [-0.3, -0.25) is 14.8 Å². The molecule has 4 rings (SSSR count). The number of rotatable bonds is 8. The van der Waals surface area contributed by atoms with E-state index in [1.54, 1.807) is 36.7 Å². The van der Waals surface area contributed by atoms with E-state index in [0.29, 0.717) is 22.0 Å². The van der Waals surface area contributed by atoms with Crippen molar-refractivity contribution in [2.75, 3.05) is 19.0 Å². The van der Waals surface area contributed by atoms with Crippen molar-refractivity contribution >= 4 is 23.2 Å². The summed E-state index contributed by atoms with van der Waals surface area (Å²) in [6.07, 6.45) is 3.32. The van der Waals surface area contributed by atoms with E-state index in [1.807, 2.05) is 24.3 Å². The topological polar surface area (TPSA) is 64.1 Å². The van der Waals surface area contributed by atoms with E-state index in [-0.39, 0.29) is 17.9 Å². The molecule has 0 fully saturated rings. The number of carbonyl (C=O) groups is 1. The summed E-state index contributed by atoms with van der Waals surface area (Å²) in [4.78, 5) is 21.4. The fourth-order valence-electron chi connectivity index (χ4n) is 3.60. The minimum absolute atomic E-state index is 0.0583. The van der Waals surface area contributed by atoms with Gasteiger partial charge < -0.3 is 10.1 Å². The van der Waals surface area contributed by atoms with Gasteiger partial charge in [0.05, 0.1) is 17.8 Å². The van der Waals surface area contributed by atoms with Crippen LogP contribution in [-0.2, 0) is 21.9 Å². The summed E-state index contributed by atoms with van der Waals surface area (Å²) < 4.78 is 32.4. The van der Waals surface area contributed by atoms with Gasteiger partial charge in [0.15, 0.2) is 0 Å². The number of anilines is 1. The van der Waals surface area contributed by atoms with Crippen LogP contribution in [-0.4, -0.2) is 29.6 Å². The third-order valence-electron chi connectivity index (χ3n) is 5.32. The molecule has 0 aliphatic rings. The van der Waals surface area contributed by atoms with Gasteiger partial charge in [0.1, 0.15) is 6.61 Å². The molecule has 0 spiro atoms. The molecule has 0 saturated heterocycles. The van der Waals surface area contributed by atoms with Gasteiger partial charge in [-0.1, -0.05) is 60.1 Å². The predicted octanol–water partition coefficient (Wildman–Crippen LogP) is 6.38. The Morgan fingerprint density at radius 3 is 1.97 bits per heavy atom. The highest BCUT2D eigenvalue weighted by atomic mass is 35.5. The summed E-state index contributed by atoms with van der Waals surface area (Å²) >= 11 is 6.00. The fourth-order valence-corrected chi connectivity index (χ4v) is 3.73. The normalized spacial score (nSPS) is 11.3. The van der Waals surface area contributed by atoms with Crippen LogP contribution in [0, 0.1) is 0 Å². The first-order valence-electron chi connectivity index (χ1n) is 10.8. The van der Waals surface area contributed by atoms with E-state index < -0.39 is 12.5 Å². The lowest BCUT2D eigenvalue weighted by molar-refractivity contribution is -0.115. The number of hydrogen-bond acceptors (Lipinski definition) is 4. The maximum absolute atomic E-state index is 13.9. The summed E-state index contributed by atoms with van der Waals surface area (Å²) in [6.45, 7) is -0.696. The Morgan fingerprint density at radius 2 is 1.43 bits per heavy atom. The number of aromatic nitrogens is 2. The molecule has 1 aromatic heterocycles. The molecule has 0 atom stereocenters. The summed E-state index contributed by atoms with van der Waals surface area (Å²) in [5.41, 5.74) is 4.25. The number of benzene rings is 3. The van der Waals surface area contributed by atoms with Gasteiger partial charge in [-0.25, -0.2) is 0 Å². The molecule has 5 nitrogen and oxygen atoms in total. The number of ether oxygens (including phenoxy) is 1. The molecule has 8 heteroatoms. The Morgan fingerprint density at radius 1 is 0.886 bits per heavy atom. The lowest BCUT2D eigenvalue weighted by Gasteiger charge is -2.15. The fraction of sp³-hybridized carbons (Fsp3) is 0.148. The van der Waals surface area contributed by atoms with Crippen molar-refractivity contribution in [1.29, 1.82) is 0 Å². The van der Waals surface area contributed by atoms with E-state index in [4.69, 9.17) is 11.6 Å². The summed E-state index contributed by atoms with van der Waals surface area (Å²) in [7, 11) is 1.23. The van der Waals surface area contributed by atoms with Crippen LogP contribution in [0.2, 0.25) is 5.02 Å². The zero-order chi connectivity index (χ0) is 24.8. The number of alkyl halides is 2. The molecule has 3 aromatic carbocycles. The van der Waals surface area contributed by atoms with Crippen molar-refractivity contribution in [3.8, 4) is 22.5 Å². The van der Waals surface area contributed by atoms with Crippen LogP contribution in [0.4, 0.5) is 14.5 Å². The average Bonchev–Trinajstić information content (AvgIpc) is 2.85. The molecule has 1 amide bonds. The van der Waals surface area contributed by atoms with Gasteiger partial charge in [-0.05, 0) is 29.8 Å². The van der Waals surface area contributed by atoms with Crippen molar-refractivity contribution in [3.63, 3.8) is 0 Å². The van der Waals surface area contributed by atoms with E-state index in [2.05, 4.69) is 20.0 Å². The lowest BCUT2D eigenvalue weighted by atomic mass is 10.0. The number of nitrogens with zero attached hydrogens (tertiary/aromatic N) is 2. The number of halogens is 3. The van der Waals surface area contributed by atoms with Gasteiger partial charge in [0.25, 0.3) is 5.92 Å². The van der Waals surface area contributed by atoms with Crippen molar-refractivity contribution in [2.24, 2.45) is 0 Å². The first-order chi connectivity index (χ1) is 16.9. The Balaban J connectivity index is 1.43. The van der Waals surface area contributed by atoms with Crippen molar-refractivity contribution < 1.29 is 18.3 Å². The van der Waals surface area contributed by atoms with E-state index in [0.717, 1.165) is 16.8 Å². The molecular weight excluding hydrogens is 472 g/mol. The van der Waals surface area contributed by atoms with Gasteiger partial charge >= 0.3 is 0 Å². The molecule has 0 bridgehead atoms. The number of nitrogens with one attached hydrogen (secondary N) is 1. The van der Waals surface area contributed by atoms with Crippen LogP contribution in [0.3, 0.4) is 0 Å². The Labute approximate surface area is 206 Å². The van der Waals surface area contributed by atoms with Crippen LogP contribution in [0.1, 0.15) is 11.1 Å². The second kappa shape index (κ2) is 10.7. The smallest absolute Gasteiger partial charge is 0.296 e. The largest absolute Gasteiger partial charge is 0.378 e. The summed E-state index contributed by atoms with van der Waals surface area (Å²) in [5, 5.41) is 3.47. The molecule has 1 heterocycles. The number of methoxy groups -OCH3 is 1. The van der Waals surface area contributed by atoms with E-state index >= 15 is 0 Å². The van der Waals surface area contributed by atoms with E-state index in [1.165, 1.54) is 31.4 Å². The lowest BCUT2D eigenvalue weighted by Crippen LogP contribution is -2.20. The first-order valence-corrected chi connectivity index (χ1v) is 11.2. The maximum atomic E-state index is 13.9. The van der Waals surface area contributed by atoms with Gasteiger partial charge in [0.2, 0.25) is 5.91 Å². The van der Waals surface area contributed by atoms with E-state index in [9.17, 15) is 13.6 Å². The zero-order valence-electron chi connectivity index (χ0n) is 18.8. The molecule has 0 unspecified atom stereocenters. The Hall–Kier alpha value is -3.68. The highest BCUT2D eigenvalue weighted by Crippen LogP contribution is 2.30. The minimum atomic E-state index is -3.08. The second-order valence-corrected chi connectivity index (χ2v) is 8.33. The highest BCUT2D eigenvalue weighted by molar-refractivity contribution is 6.30. The minimum Gasteiger partial charge on any atom is -0.378 e. The zero-order valence-corrected chi connectivity index (χ0v) is 19.6. The SMILES string of the molecule is COCC(F)(F)c1ccc(CC(=O)Nc2ccc(-c3nccnc3-c3ccc(Cl)cc3)cc2)cc1. The summed E-state index contributed by atoms with van der Waals surface area (Å²) in [5.74, 6) is -3.33. The molecule has 0 saturated carbocycles. The van der Waals surface area contributed by atoms with Crippen LogP contribution >= 0.6 is 11.6 Å². The summed E-state index contributed by atoms with van der Waals surface area (Å²) in [6, 6.07) is 20.3. The average molecular weight is 494 g/mol. The highest BCUT2D eigenvalue weighted by Gasteiger charge is 2.31. The van der Waals surface area contributed by atoms with Crippen LogP contribution in [0.25, 0.3) is 22.5 Å². The Bertz CT molecular complexity index is 1300. The van der Waals surface area contributed by atoms with Crippen LogP contribution in [0.5, 0.6) is 0 Å². The van der Waals surface area contributed by atoms with Gasteiger partial charge in [0, 0.05) is 46.9 Å². The molecule has 4 aromatic rings. The molecule has 0 radical (unpaired) electrons. The number of hydrogen-bond donors (Lipinski definition) is 1. The Kier molecular flexibility index (Phi) is 7.48. The third-order valence-corrected chi connectivity index (χ3v) is 5.58. The monoisotopic (exact) mass is 493 g/mol. The molecular formula is C27H22ClF2N3O2. The van der Waals surface area contributed by atoms with Crippen molar-refractivity contribution in [3.05, 3.63) is 101 Å². The second-order valence-electron chi connectivity index (χ2n) is 7.90. The molecule has 1 N–H and O–H groups in total. The van der Waals surface area contributed by atoms with Crippen LogP contribution in [0.15, 0.2) is 85.2 Å². The third kappa shape index (κ3) is 6.07. The first kappa shape index (κ1) is 24.4. The predicted molar refractivity (Wildman–Crippen MR) is 132 cm³/mol. The number of amides is 1. The molecule has 0 aliphatic carbocycles. The van der Waals surface area contributed by atoms with Crippen LogP contribution < -0.4 is 5.32 Å². The quantitative estimate of drug-likeness (QED) is 0.309. The number of carbonyl (C=O) groups excluding carboxylic acids is 1. The standard InChI is InChI=1S/C27H22ClF2N3O2/c1-35-17-27(29,30)21-8-2-18(3-9-21)16-24(34)33-23-12-6-20(7-13-23)26-25(31-14-15-32-26)19-4-10-22(28)11-5-19/h2-15H,16-17H2,1H3,(H,33,34). The molecule has 0 aliphatic heterocycles.